The number of benzene rings is 2. The highest BCUT2D eigenvalue weighted by Crippen LogP contribution is 2.44. The standard InChI is InChI=1S/C30H31FN4S/c1-17-13-19(3)28(20(4)14-17)34-21(5)16-24(22(34)6)29-27(26-9-7-8-12-32-26)33-30(36)35(29)23-10-11-25(31)18(2)15-23/h7-16,27,29H,1-6H3,(H,33,36)/t27-,29-/m0/s1. The summed E-state index contributed by atoms with van der Waals surface area (Å²) in [5, 5.41) is 4.12. The zero-order valence-electron chi connectivity index (χ0n) is 21.6. The molecule has 36 heavy (non-hydrogen) atoms. The first-order valence-electron chi connectivity index (χ1n) is 12.2. The lowest BCUT2D eigenvalue weighted by Gasteiger charge is -2.28. The minimum atomic E-state index is -0.224. The first-order valence-corrected chi connectivity index (χ1v) is 12.6. The molecule has 0 aliphatic carbocycles. The van der Waals surface area contributed by atoms with Gasteiger partial charge in [0.25, 0.3) is 0 Å². The molecule has 0 bridgehead atoms. The van der Waals surface area contributed by atoms with Gasteiger partial charge in [0, 0.05) is 23.3 Å². The summed E-state index contributed by atoms with van der Waals surface area (Å²) in [5.41, 5.74) is 10.8. The van der Waals surface area contributed by atoms with Crippen LogP contribution >= 0.6 is 12.2 Å². The van der Waals surface area contributed by atoms with Crippen LogP contribution in [0.15, 0.2) is 60.8 Å². The van der Waals surface area contributed by atoms with Crippen LogP contribution in [0.5, 0.6) is 0 Å². The summed E-state index contributed by atoms with van der Waals surface area (Å²) in [5.74, 6) is -0.224. The number of hydrogen-bond acceptors (Lipinski definition) is 2. The fourth-order valence-corrected chi connectivity index (χ4v) is 6.03. The van der Waals surface area contributed by atoms with Gasteiger partial charge in [-0.2, -0.15) is 0 Å². The number of halogens is 1. The van der Waals surface area contributed by atoms with Gasteiger partial charge in [-0.25, -0.2) is 4.39 Å². The normalized spacial score (nSPS) is 17.5. The van der Waals surface area contributed by atoms with E-state index in [9.17, 15) is 4.39 Å². The second-order valence-electron chi connectivity index (χ2n) is 9.84. The molecule has 4 aromatic rings. The highest BCUT2D eigenvalue weighted by Gasteiger charge is 2.42. The third-order valence-corrected chi connectivity index (χ3v) is 7.48. The number of aromatic nitrogens is 2. The Bertz CT molecular complexity index is 1450. The van der Waals surface area contributed by atoms with Crippen molar-refractivity contribution >= 4 is 23.0 Å². The van der Waals surface area contributed by atoms with E-state index in [0.29, 0.717) is 10.7 Å². The van der Waals surface area contributed by atoms with E-state index in [1.165, 1.54) is 28.4 Å². The molecule has 0 amide bonds. The van der Waals surface area contributed by atoms with Crippen LogP contribution in [0.3, 0.4) is 0 Å². The lowest BCUT2D eigenvalue weighted by Crippen LogP contribution is -2.29. The summed E-state index contributed by atoms with van der Waals surface area (Å²) in [6.45, 7) is 12.6. The number of rotatable bonds is 4. The van der Waals surface area contributed by atoms with Crippen molar-refractivity contribution in [1.82, 2.24) is 14.9 Å². The monoisotopic (exact) mass is 498 g/mol. The Morgan fingerprint density at radius 1 is 0.889 bits per heavy atom. The average Bonchev–Trinajstić information content (AvgIpc) is 3.32. The number of pyridine rings is 1. The molecule has 0 unspecified atom stereocenters. The fraction of sp³-hybridized carbons (Fsp3) is 0.267. The second-order valence-corrected chi connectivity index (χ2v) is 10.2. The average molecular weight is 499 g/mol. The number of nitrogens with one attached hydrogen (secondary N) is 1. The molecule has 3 heterocycles. The molecule has 4 nitrogen and oxygen atoms in total. The van der Waals surface area contributed by atoms with Crippen molar-refractivity contribution in [3.8, 4) is 5.69 Å². The molecule has 6 heteroatoms. The van der Waals surface area contributed by atoms with Gasteiger partial charge in [0.1, 0.15) is 5.82 Å². The fourth-order valence-electron chi connectivity index (χ4n) is 5.68. The van der Waals surface area contributed by atoms with Gasteiger partial charge < -0.3 is 14.8 Å². The van der Waals surface area contributed by atoms with Gasteiger partial charge in [-0.05, 0) is 112 Å². The number of thiocarbonyl (C=S) groups is 1. The topological polar surface area (TPSA) is 33.1 Å². The molecule has 1 fully saturated rings. The van der Waals surface area contributed by atoms with Crippen molar-refractivity contribution in [2.24, 2.45) is 0 Å². The van der Waals surface area contributed by atoms with E-state index in [1.54, 1.807) is 13.0 Å². The lowest BCUT2D eigenvalue weighted by molar-refractivity contribution is 0.564. The van der Waals surface area contributed by atoms with E-state index >= 15 is 0 Å². The van der Waals surface area contributed by atoms with E-state index in [-0.39, 0.29) is 17.9 Å². The quantitative estimate of drug-likeness (QED) is 0.306. The van der Waals surface area contributed by atoms with Crippen LogP contribution < -0.4 is 10.2 Å². The molecule has 1 aliphatic rings. The van der Waals surface area contributed by atoms with Crippen molar-refractivity contribution in [2.45, 2.75) is 53.6 Å². The zero-order valence-corrected chi connectivity index (χ0v) is 22.4. The predicted molar refractivity (Wildman–Crippen MR) is 149 cm³/mol. The summed E-state index contributed by atoms with van der Waals surface area (Å²) in [6.07, 6.45) is 1.81. The molecule has 184 valence electrons. The summed E-state index contributed by atoms with van der Waals surface area (Å²) in [6, 6.07) is 17.5. The minimum Gasteiger partial charge on any atom is -0.351 e. The van der Waals surface area contributed by atoms with Crippen LogP contribution in [0.2, 0.25) is 0 Å². The molecular formula is C30H31FN4S. The third kappa shape index (κ3) is 3.99. The van der Waals surface area contributed by atoms with Crippen LogP contribution in [-0.2, 0) is 0 Å². The van der Waals surface area contributed by atoms with Crippen molar-refractivity contribution in [2.75, 3.05) is 4.90 Å². The van der Waals surface area contributed by atoms with E-state index in [2.05, 4.69) is 72.6 Å². The van der Waals surface area contributed by atoms with Gasteiger partial charge in [-0.15, -0.1) is 0 Å². The number of anilines is 1. The van der Waals surface area contributed by atoms with Crippen molar-refractivity contribution in [3.05, 3.63) is 112 Å². The molecule has 2 aromatic carbocycles. The second kappa shape index (κ2) is 9.17. The summed E-state index contributed by atoms with van der Waals surface area (Å²) < 4.78 is 16.5. The summed E-state index contributed by atoms with van der Waals surface area (Å²) in [7, 11) is 0. The molecule has 0 radical (unpaired) electrons. The van der Waals surface area contributed by atoms with Gasteiger partial charge in [0.2, 0.25) is 0 Å². The Hall–Kier alpha value is -3.51. The van der Waals surface area contributed by atoms with Gasteiger partial charge >= 0.3 is 0 Å². The zero-order chi connectivity index (χ0) is 25.7. The van der Waals surface area contributed by atoms with Gasteiger partial charge in [0.15, 0.2) is 5.11 Å². The van der Waals surface area contributed by atoms with Gasteiger partial charge in [-0.1, -0.05) is 23.8 Å². The largest absolute Gasteiger partial charge is 0.351 e. The molecular weight excluding hydrogens is 467 g/mol. The molecule has 1 N–H and O–H groups in total. The molecule has 2 atom stereocenters. The van der Waals surface area contributed by atoms with Gasteiger partial charge in [0.05, 0.1) is 23.5 Å². The van der Waals surface area contributed by atoms with Crippen LogP contribution in [0.4, 0.5) is 10.1 Å². The Morgan fingerprint density at radius 2 is 1.61 bits per heavy atom. The Morgan fingerprint density at radius 3 is 2.25 bits per heavy atom. The van der Waals surface area contributed by atoms with Crippen LogP contribution in [-0.4, -0.2) is 14.7 Å². The molecule has 2 aromatic heterocycles. The van der Waals surface area contributed by atoms with E-state index in [4.69, 9.17) is 12.2 Å². The predicted octanol–water partition coefficient (Wildman–Crippen LogP) is 7.04. The number of hydrogen-bond donors (Lipinski definition) is 1. The van der Waals surface area contributed by atoms with Crippen molar-refractivity contribution in [1.29, 1.82) is 0 Å². The molecule has 0 saturated carbocycles. The van der Waals surface area contributed by atoms with E-state index in [0.717, 1.165) is 28.3 Å². The number of aryl methyl sites for hydroxylation is 5. The maximum atomic E-state index is 14.2. The summed E-state index contributed by atoms with van der Waals surface area (Å²) in [4.78, 5) is 6.78. The molecule has 5 rings (SSSR count). The lowest BCUT2D eigenvalue weighted by atomic mass is 9.96. The first kappa shape index (κ1) is 24.2. The highest BCUT2D eigenvalue weighted by atomic mass is 32.1. The summed E-state index contributed by atoms with van der Waals surface area (Å²) >= 11 is 5.87. The van der Waals surface area contributed by atoms with Crippen molar-refractivity contribution in [3.63, 3.8) is 0 Å². The van der Waals surface area contributed by atoms with E-state index in [1.807, 2.05) is 30.5 Å². The number of nitrogens with zero attached hydrogens (tertiary/aromatic N) is 3. The van der Waals surface area contributed by atoms with Crippen LogP contribution in [0.25, 0.3) is 5.69 Å². The van der Waals surface area contributed by atoms with Gasteiger partial charge in [-0.3, -0.25) is 4.98 Å². The Balaban J connectivity index is 1.72. The molecule has 1 saturated heterocycles. The maximum absolute atomic E-state index is 14.2. The van der Waals surface area contributed by atoms with Crippen LogP contribution in [0.1, 0.15) is 57.0 Å². The molecule has 1 aliphatic heterocycles. The Kier molecular flexibility index (Phi) is 6.17. The Labute approximate surface area is 217 Å². The van der Waals surface area contributed by atoms with E-state index < -0.39 is 0 Å². The van der Waals surface area contributed by atoms with Crippen molar-refractivity contribution < 1.29 is 4.39 Å². The first-order chi connectivity index (χ1) is 17.2. The minimum absolute atomic E-state index is 0.150. The highest BCUT2D eigenvalue weighted by molar-refractivity contribution is 7.80. The smallest absolute Gasteiger partial charge is 0.174 e. The maximum Gasteiger partial charge on any atom is 0.174 e. The SMILES string of the molecule is Cc1cc(C)c(-n2c(C)cc([C@H]3[C@H](c4ccccn4)NC(=S)N3c3ccc(F)c(C)c3)c2C)c(C)c1. The third-order valence-electron chi connectivity index (χ3n) is 7.17. The molecule has 0 spiro atoms. The van der Waals surface area contributed by atoms with Crippen LogP contribution in [0, 0.1) is 47.4 Å².